The summed E-state index contributed by atoms with van der Waals surface area (Å²) in [6, 6.07) is 12.3. The van der Waals surface area contributed by atoms with Crippen molar-refractivity contribution in [2.45, 2.75) is 6.18 Å². The Labute approximate surface area is 96.1 Å². The maximum Gasteiger partial charge on any atom is 0.419 e. The molecular formula is C13H9F3O. The molecule has 0 spiro atoms. The molecule has 2 aromatic carbocycles. The zero-order chi connectivity index (χ0) is 12.5. The Morgan fingerprint density at radius 1 is 0.824 bits per heavy atom. The smallest absolute Gasteiger partial charge is 0.419 e. The Morgan fingerprint density at radius 3 is 2.00 bits per heavy atom. The van der Waals surface area contributed by atoms with E-state index in [9.17, 15) is 18.3 Å². The molecule has 0 aliphatic heterocycles. The third-order valence-corrected chi connectivity index (χ3v) is 2.41. The van der Waals surface area contributed by atoms with Gasteiger partial charge in [0.05, 0.1) is 5.56 Å². The highest BCUT2D eigenvalue weighted by Gasteiger charge is 2.33. The molecule has 4 heteroatoms. The quantitative estimate of drug-likeness (QED) is 0.793. The summed E-state index contributed by atoms with van der Waals surface area (Å²) in [5.41, 5.74) is 0.296. The summed E-state index contributed by atoms with van der Waals surface area (Å²) in [6.45, 7) is 0. The number of phenolic OH excluding ortho intramolecular Hbond substituents is 1. The number of benzene rings is 2. The topological polar surface area (TPSA) is 20.2 Å². The van der Waals surface area contributed by atoms with Gasteiger partial charge in [0.1, 0.15) is 5.75 Å². The van der Waals surface area contributed by atoms with E-state index in [0.717, 1.165) is 17.7 Å². The van der Waals surface area contributed by atoms with E-state index in [2.05, 4.69) is 0 Å². The van der Waals surface area contributed by atoms with E-state index >= 15 is 0 Å². The first-order valence-electron chi connectivity index (χ1n) is 4.94. The van der Waals surface area contributed by atoms with Crippen molar-refractivity contribution in [3.63, 3.8) is 0 Å². The minimum absolute atomic E-state index is 0.552. The number of rotatable bonds is 1. The minimum atomic E-state index is -4.53. The molecule has 0 unspecified atom stereocenters. The summed E-state index contributed by atoms with van der Waals surface area (Å²) in [6.07, 6.45) is -4.53. The maximum absolute atomic E-state index is 12.4. The van der Waals surface area contributed by atoms with Crippen molar-refractivity contribution in [3.8, 4) is 16.9 Å². The van der Waals surface area contributed by atoms with Crippen LogP contribution in [0.5, 0.6) is 5.75 Å². The lowest BCUT2D eigenvalue weighted by molar-refractivity contribution is -0.138. The van der Waals surface area contributed by atoms with Gasteiger partial charge in [-0.15, -0.1) is 0 Å². The summed E-state index contributed by atoms with van der Waals surface area (Å²) in [4.78, 5) is 0. The van der Waals surface area contributed by atoms with Gasteiger partial charge in [0, 0.05) is 0 Å². The first-order chi connectivity index (χ1) is 7.98. The lowest BCUT2D eigenvalue weighted by Crippen LogP contribution is -2.04. The number of alkyl halides is 3. The van der Waals surface area contributed by atoms with Gasteiger partial charge in [-0.25, -0.2) is 0 Å². The SMILES string of the molecule is Oc1cc(-c2ccccc2)ccc1C(F)(F)F. The molecule has 0 aromatic heterocycles. The third-order valence-electron chi connectivity index (χ3n) is 2.41. The van der Waals surface area contributed by atoms with Crippen LogP contribution < -0.4 is 0 Å². The van der Waals surface area contributed by atoms with Crippen molar-refractivity contribution in [1.29, 1.82) is 0 Å². The lowest BCUT2D eigenvalue weighted by atomic mass is 10.0. The van der Waals surface area contributed by atoms with Gasteiger partial charge in [0.15, 0.2) is 0 Å². The molecule has 0 fully saturated rings. The van der Waals surface area contributed by atoms with Gasteiger partial charge in [-0.2, -0.15) is 13.2 Å². The average molecular weight is 238 g/mol. The van der Waals surface area contributed by atoms with Crippen LogP contribution in [-0.4, -0.2) is 5.11 Å². The molecule has 0 aliphatic rings. The van der Waals surface area contributed by atoms with Gasteiger partial charge in [-0.1, -0.05) is 36.4 Å². The first kappa shape index (κ1) is 11.5. The van der Waals surface area contributed by atoms with Crippen molar-refractivity contribution < 1.29 is 18.3 Å². The summed E-state index contributed by atoms with van der Waals surface area (Å²) < 4.78 is 37.3. The van der Waals surface area contributed by atoms with Crippen LogP contribution in [0.2, 0.25) is 0 Å². The Morgan fingerprint density at radius 2 is 1.47 bits per heavy atom. The molecule has 0 bridgehead atoms. The first-order valence-corrected chi connectivity index (χ1v) is 4.94. The van der Waals surface area contributed by atoms with E-state index in [0.29, 0.717) is 5.56 Å². The van der Waals surface area contributed by atoms with Crippen LogP contribution in [0.4, 0.5) is 13.2 Å². The Bertz CT molecular complexity index is 518. The van der Waals surface area contributed by atoms with Gasteiger partial charge in [-0.05, 0) is 23.3 Å². The monoisotopic (exact) mass is 238 g/mol. The Balaban J connectivity index is 2.45. The predicted molar refractivity (Wildman–Crippen MR) is 58.5 cm³/mol. The standard InChI is InChI=1S/C13H9F3O/c14-13(15,16)11-7-6-10(8-12(11)17)9-4-2-1-3-5-9/h1-8,17H. The molecule has 2 aromatic rings. The molecule has 0 aliphatic carbocycles. The van der Waals surface area contributed by atoms with E-state index in [1.807, 2.05) is 6.07 Å². The molecule has 0 radical (unpaired) electrons. The van der Waals surface area contributed by atoms with Crippen molar-refractivity contribution in [2.75, 3.05) is 0 Å². The highest BCUT2D eigenvalue weighted by atomic mass is 19.4. The highest BCUT2D eigenvalue weighted by Crippen LogP contribution is 2.37. The van der Waals surface area contributed by atoms with Crippen molar-refractivity contribution in [2.24, 2.45) is 0 Å². The molecule has 0 saturated heterocycles. The van der Waals surface area contributed by atoms with Gasteiger partial charge in [0.25, 0.3) is 0 Å². The van der Waals surface area contributed by atoms with Crippen molar-refractivity contribution >= 4 is 0 Å². The number of hydrogen-bond acceptors (Lipinski definition) is 1. The molecule has 0 amide bonds. The molecule has 1 N–H and O–H groups in total. The summed E-state index contributed by atoms with van der Waals surface area (Å²) in [5.74, 6) is -0.751. The van der Waals surface area contributed by atoms with E-state index in [1.54, 1.807) is 24.3 Å². The summed E-state index contributed by atoms with van der Waals surface area (Å²) >= 11 is 0. The van der Waals surface area contributed by atoms with Crippen LogP contribution >= 0.6 is 0 Å². The highest BCUT2D eigenvalue weighted by molar-refractivity contribution is 5.66. The van der Waals surface area contributed by atoms with Gasteiger partial charge in [0.2, 0.25) is 0 Å². The van der Waals surface area contributed by atoms with Crippen LogP contribution in [0.25, 0.3) is 11.1 Å². The van der Waals surface area contributed by atoms with Crippen LogP contribution in [0.1, 0.15) is 5.56 Å². The van der Waals surface area contributed by atoms with Crippen LogP contribution in [0.3, 0.4) is 0 Å². The minimum Gasteiger partial charge on any atom is -0.507 e. The van der Waals surface area contributed by atoms with Gasteiger partial charge in [-0.3, -0.25) is 0 Å². The average Bonchev–Trinajstić information content (AvgIpc) is 2.28. The van der Waals surface area contributed by atoms with E-state index in [1.165, 1.54) is 6.07 Å². The normalized spacial score (nSPS) is 11.5. The number of phenols is 1. The molecule has 88 valence electrons. The predicted octanol–water partition coefficient (Wildman–Crippen LogP) is 4.08. The fourth-order valence-corrected chi connectivity index (χ4v) is 1.58. The number of aromatic hydroxyl groups is 1. The van der Waals surface area contributed by atoms with E-state index in [-0.39, 0.29) is 0 Å². The molecular weight excluding hydrogens is 229 g/mol. The Hall–Kier alpha value is -1.97. The number of hydrogen-bond donors (Lipinski definition) is 1. The maximum atomic E-state index is 12.4. The molecule has 0 atom stereocenters. The second-order valence-electron chi connectivity index (χ2n) is 3.60. The van der Waals surface area contributed by atoms with Crippen LogP contribution in [0.15, 0.2) is 48.5 Å². The zero-order valence-electron chi connectivity index (χ0n) is 8.70. The number of halogens is 3. The van der Waals surface area contributed by atoms with E-state index < -0.39 is 17.5 Å². The summed E-state index contributed by atoms with van der Waals surface area (Å²) in [5, 5.41) is 9.37. The molecule has 0 heterocycles. The van der Waals surface area contributed by atoms with Gasteiger partial charge < -0.3 is 5.11 Å². The summed E-state index contributed by atoms with van der Waals surface area (Å²) in [7, 11) is 0. The second kappa shape index (κ2) is 4.13. The zero-order valence-corrected chi connectivity index (χ0v) is 8.70. The molecule has 17 heavy (non-hydrogen) atoms. The Kier molecular flexibility index (Phi) is 2.79. The molecule has 0 saturated carbocycles. The second-order valence-corrected chi connectivity index (χ2v) is 3.60. The van der Waals surface area contributed by atoms with Crippen molar-refractivity contribution in [3.05, 3.63) is 54.1 Å². The fraction of sp³-hybridized carbons (Fsp3) is 0.0769. The molecule has 2 rings (SSSR count). The van der Waals surface area contributed by atoms with Crippen molar-refractivity contribution in [1.82, 2.24) is 0 Å². The molecule has 1 nitrogen and oxygen atoms in total. The lowest BCUT2D eigenvalue weighted by Gasteiger charge is -2.10. The largest absolute Gasteiger partial charge is 0.507 e. The van der Waals surface area contributed by atoms with Crippen LogP contribution in [0, 0.1) is 0 Å². The van der Waals surface area contributed by atoms with E-state index in [4.69, 9.17) is 0 Å². The van der Waals surface area contributed by atoms with Gasteiger partial charge >= 0.3 is 6.18 Å². The fourth-order valence-electron chi connectivity index (χ4n) is 1.58. The van der Waals surface area contributed by atoms with Crippen LogP contribution in [-0.2, 0) is 6.18 Å². The third kappa shape index (κ3) is 2.41.